The number of amidine groups is 1. The molecule has 9 heteroatoms. The molecule has 0 spiro atoms. The summed E-state index contributed by atoms with van der Waals surface area (Å²) >= 11 is 0. The first-order valence-corrected chi connectivity index (χ1v) is 6.99. The Hall–Kier alpha value is -2.42. The first kappa shape index (κ1) is 14.0. The van der Waals surface area contributed by atoms with Crippen molar-refractivity contribution in [2.45, 2.75) is 4.90 Å². The molecule has 0 unspecified atom stereocenters. The van der Waals surface area contributed by atoms with Gasteiger partial charge in [0.2, 0.25) is 0 Å². The summed E-state index contributed by atoms with van der Waals surface area (Å²) in [5.74, 6) is -1.49. The second-order valence-corrected chi connectivity index (χ2v) is 5.54. The van der Waals surface area contributed by atoms with E-state index in [1.807, 2.05) is 0 Å². The smallest absolute Gasteiger partial charge is 0.328 e. The third-order valence-corrected chi connectivity index (χ3v) is 3.80. The summed E-state index contributed by atoms with van der Waals surface area (Å²) < 4.78 is 30.3. The van der Waals surface area contributed by atoms with Crippen LogP contribution in [0.15, 0.2) is 34.2 Å². The number of hydrogen-bond donors (Lipinski definition) is 2. The molecule has 1 aliphatic rings. The second-order valence-electron chi connectivity index (χ2n) is 3.89. The van der Waals surface area contributed by atoms with Crippen LogP contribution < -0.4 is 10.5 Å². The second kappa shape index (κ2) is 5.29. The van der Waals surface area contributed by atoms with Crippen LogP contribution in [0.3, 0.4) is 0 Å². The van der Waals surface area contributed by atoms with Crippen LogP contribution in [0.4, 0.5) is 0 Å². The van der Waals surface area contributed by atoms with Gasteiger partial charge in [0.15, 0.2) is 6.61 Å². The van der Waals surface area contributed by atoms with Crippen molar-refractivity contribution in [2.75, 3.05) is 13.2 Å². The number of nitrogens with two attached hydrogens (primary N) is 1. The van der Waals surface area contributed by atoms with Crippen LogP contribution in [0, 0.1) is 0 Å². The Bertz CT molecular complexity index is 696. The Morgan fingerprint density at radius 2 is 2.00 bits per heavy atom. The minimum Gasteiger partial charge on any atom is -0.454 e. The SMILES string of the molecule is NC(=O)COC(=O)CN=C1NS(=O)(=O)c2ccccc21. The molecule has 0 aliphatic carbocycles. The molecule has 1 heterocycles. The topological polar surface area (TPSA) is 128 Å². The van der Waals surface area contributed by atoms with Gasteiger partial charge >= 0.3 is 5.97 Å². The highest BCUT2D eigenvalue weighted by Gasteiger charge is 2.30. The van der Waals surface area contributed by atoms with Gasteiger partial charge in [-0.3, -0.25) is 19.3 Å². The number of carbonyl (C=O) groups excluding carboxylic acids is 2. The molecule has 3 N–H and O–H groups in total. The third-order valence-electron chi connectivity index (χ3n) is 2.40. The molecule has 0 bridgehead atoms. The van der Waals surface area contributed by atoms with Crippen LogP contribution in [0.25, 0.3) is 0 Å². The molecule has 0 aromatic heterocycles. The number of primary amides is 1. The summed E-state index contributed by atoms with van der Waals surface area (Å²) in [4.78, 5) is 25.6. The van der Waals surface area contributed by atoms with Crippen molar-refractivity contribution in [2.24, 2.45) is 10.7 Å². The number of nitrogens with one attached hydrogen (secondary N) is 1. The molecule has 106 valence electrons. The van der Waals surface area contributed by atoms with Gasteiger partial charge in [-0.2, -0.15) is 0 Å². The minimum absolute atomic E-state index is 0.0663. The van der Waals surface area contributed by atoms with Gasteiger partial charge in [0.05, 0.1) is 4.90 Å². The molecule has 20 heavy (non-hydrogen) atoms. The highest BCUT2D eigenvalue weighted by molar-refractivity contribution is 7.90. The van der Waals surface area contributed by atoms with Crippen LogP contribution in [-0.2, 0) is 24.3 Å². The van der Waals surface area contributed by atoms with Crippen molar-refractivity contribution in [3.8, 4) is 0 Å². The summed E-state index contributed by atoms with van der Waals surface area (Å²) in [6.07, 6.45) is 0. The van der Waals surface area contributed by atoms with Crippen LogP contribution in [-0.4, -0.2) is 39.3 Å². The lowest BCUT2D eigenvalue weighted by atomic mass is 10.2. The first-order chi connectivity index (χ1) is 9.40. The summed E-state index contributed by atoms with van der Waals surface area (Å²) in [5, 5.41) is 0. The van der Waals surface area contributed by atoms with Gasteiger partial charge in [-0.05, 0) is 12.1 Å². The molecule has 0 saturated heterocycles. The molecular formula is C11H11N3O5S. The Morgan fingerprint density at radius 3 is 2.70 bits per heavy atom. The summed E-state index contributed by atoms with van der Waals surface area (Å²) in [5.41, 5.74) is 5.20. The van der Waals surface area contributed by atoms with Crippen molar-refractivity contribution in [3.05, 3.63) is 29.8 Å². The van der Waals surface area contributed by atoms with Crippen LogP contribution in [0.5, 0.6) is 0 Å². The number of hydrogen-bond acceptors (Lipinski definition) is 6. The van der Waals surface area contributed by atoms with Crippen molar-refractivity contribution in [1.29, 1.82) is 0 Å². The molecule has 2 rings (SSSR count). The van der Waals surface area contributed by atoms with E-state index >= 15 is 0 Å². The van der Waals surface area contributed by atoms with E-state index in [9.17, 15) is 18.0 Å². The van der Waals surface area contributed by atoms with Gasteiger partial charge in [0, 0.05) is 5.56 Å². The molecule has 8 nitrogen and oxygen atoms in total. The summed E-state index contributed by atoms with van der Waals surface area (Å²) in [7, 11) is -3.64. The molecule has 0 radical (unpaired) electrons. The number of carbonyl (C=O) groups is 2. The van der Waals surface area contributed by atoms with Crippen molar-refractivity contribution < 1.29 is 22.7 Å². The van der Waals surface area contributed by atoms with E-state index in [4.69, 9.17) is 5.73 Å². The fourth-order valence-electron chi connectivity index (χ4n) is 1.59. The summed E-state index contributed by atoms with van der Waals surface area (Å²) in [6, 6.07) is 6.25. The average Bonchev–Trinajstić information content (AvgIpc) is 2.66. The number of aliphatic imine (C=N–C) groups is 1. The van der Waals surface area contributed by atoms with Gasteiger partial charge in [-0.25, -0.2) is 8.42 Å². The quantitative estimate of drug-likeness (QED) is 0.671. The Balaban J connectivity index is 2.13. The summed E-state index contributed by atoms with van der Waals surface area (Å²) in [6.45, 7) is -0.953. The largest absolute Gasteiger partial charge is 0.454 e. The lowest BCUT2D eigenvalue weighted by Crippen LogP contribution is -2.25. The van der Waals surface area contributed by atoms with E-state index in [1.54, 1.807) is 18.2 Å². The number of ether oxygens (including phenoxy) is 1. The number of esters is 1. The van der Waals surface area contributed by atoms with E-state index < -0.39 is 35.1 Å². The molecule has 1 amide bonds. The zero-order valence-corrected chi connectivity index (χ0v) is 11.0. The van der Waals surface area contributed by atoms with Crippen LogP contribution in [0.2, 0.25) is 0 Å². The zero-order valence-electron chi connectivity index (χ0n) is 10.2. The fourth-order valence-corrected chi connectivity index (χ4v) is 2.84. The first-order valence-electron chi connectivity index (χ1n) is 5.51. The predicted octanol–water partition coefficient (Wildman–Crippen LogP) is -1.25. The number of benzene rings is 1. The maximum atomic E-state index is 11.8. The van der Waals surface area contributed by atoms with E-state index in [0.29, 0.717) is 5.56 Å². The standard InChI is InChI=1S/C11H11N3O5S/c12-9(15)6-19-10(16)5-13-11-7-3-1-2-4-8(7)20(17,18)14-11/h1-4H,5-6H2,(H2,12,15)(H,13,14). The van der Waals surface area contributed by atoms with Crippen molar-refractivity contribution in [1.82, 2.24) is 4.72 Å². The predicted molar refractivity (Wildman–Crippen MR) is 68.3 cm³/mol. The van der Waals surface area contributed by atoms with Gasteiger partial charge in [0.25, 0.3) is 15.9 Å². The monoisotopic (exact) mass is 297 g/mol. The van der Waals surface area contributed by atoms with Crippen molar-refractivity contribution in [3.63, 3.8) is 0 Å². The molecule has 0 atom stereocenters. The van der Waals surface area contributed by atoms with Gasteiger partial charge in [0.1, 0.15) is 12.4 Å². The Morgan fingerprint density at radius 1 is 1.30 bits per heavy atom. The molecular weight excluding hydrogens is 286 g/mol. The highest BCUT2D eigenvalue weighted by Crippen LogP contribution is 2.21. The maximum Gasteiger partial charge on any atom is 0.328 e. The van der Waals surface area contributed by atoms with E-state index in [0.717, 1.165) is 0 Å². The normalized spacial score (nSPS) is 17.3. The molecule has 0 fully saturated rings. The van der Waals surface area contributed by atoms with Crippen molar-refractivity contribution >= 4 is 27.7 Å². The number of amides is 1. The maximum absolute atomic E-state index is 11.8. The van der Waals surface area contributed by atoms with E-state index in [2.05, 4.69) is 14.5 Å². The highest BCUT2D eigenvalue weighted by atomic mass is 32.2. The third kappa shape index (κ3) is 2.94. The van der Waals surface area contributed by atoms with Gasteiger partial charge in [-0.1, -0.05) is 12.1 Å². The number of nitrogens with zero attached hydrogens (tertiary/aromatic N) is 1. The molecule has 1 aromatic rings. The molecule has 1 aromatic carbocycles. The lowest BCUT2D eigenvalue weighted by molar-refractivity contribution is -0.146. The Labute approximate surface area is 114 Å². The zero-order chi connectivity index (χ0) is 14.8. The van der Waals surface area contributed by atoms with Crippen LogP contribution in [0.1, 0.15) is 5.56 Å². The lowest BCUT2D eigenvalue weighted by Gasteiger charge is -2.00. The average molecular weight is 297 g/mol. The van der Waals surface area contributed by atoms with Crippen LogP contribution >= 0.6 is 0 Å². The number of sulfonamides is 1. The molecule has 1 aliphatic heterocycles. The van der Waals surface area contributed by atoms with E-state index in [1.165, 1.54) is 6.07 Å². The molecule has 0 saturated carbocycles. The fraction of sp³-hybridized carbons (Fsp3) is 0.182. The Kier molecular flexibility index (Phi) is 3.70. The number of rotatable bonds is 4. The van der Waals surface area contributed by atoms with E-state index in [-0.39, 0.29) is 10.7 Å². The van der Waals surface area contributed by atoms with Gasteiger partial charge < -0.3 is 10.5 Å². The minimum atomic E-state index is -3.64. The number of fused-ring (bicyclic) bond motifs is 1. The van der Waals surface area contributed by atoms with Gasteiger partial charge in [-0.15, -0.1) is 0 Å².